The van der Waals surface area contributed by atoms with Crippen LogP contribution in [0.5, 0.6) is 5.88 Å². The summed E-state index contributed by atoms with van der Waals surface area (Å²) in [5.74, 6) is 0.131. The molecule has 2 aromatic carbocycles. The molecule has 2 heterocycles. The molecule has 0 spiro atoms. The van der Waals surface area contributed by atoms with Crippen molar-refractivity contribution in [2.45, 2.75) is 50.9 Å². The van der Waals surface area contributed by atoms with Crippen LogP contribution in [0.1, 0.15) is 51.3 Å². The van der Waals surface area contributed by atoms with E-state index in [0.717, 1.165) is 18.6 Å². The molecule has 6 nitrogen and oxygen atoms in total. The normalized spacial score (nSPS) is 14.8. The first kappa shape index (κ1) is 23.4. The van der Waals surface area contributed by atoms with E-state index in [1.54, 1.807) is 18.2 Å². The van der Waals surface area contributed by atoms with Crippen molar-refractivity contribution < 1.29 is 13.9 Å². The number of rotatable bonds is 7. The third-order valence-electron chi connectivity index (χ3n) is 5.33. The summed E-state index contributed by atoms with van der Waals surface area (Å²) in [5.41, 5.74) is 1.59. The Balaban J connectivity index is 1.79. The zero-order valence-electron chi connectivity index (χ0n) is 18.4. The maximum absolute atomic E-state index is 14.9. The van der Waals surface area contributed by atoms with E-state index in [1.807, 2.05) is 12.1 Å². The molecule has 1 unspecified atom stereocenters. The molecule has 0 aliphatic carbocycles. The Morgan fingerprint density at radius 3 is 2.73 bits per heavy atom. The van der Waals surface area contributed by atoms with Gasteiger partial charge in [-0.2, -0.15) is 4.98 Å². The Morgan fingerprint density at radius 1 is 1.15 bits per heavy atom. The number of fused-ring (bicyclic) bond motifs is 3. The number of anilines is 1. The Hall–Kier alpha value is -2.71. The van der Waals surface area contributed by atoms with Gasteiger partial charge in [-0.15, -0.1) is 10.2 Å². The van der Waals surface area contributed by atoms with E-state index in [-0.39, 0.29) is 22.4 Å². The van der Waals surface area contributed by atoms with E-state index in [0.29, 0.717) is 22.1 Å². The molecule has 1 atom stereocenters. The fourth-order valence-corrected chi connectivity index (χ4v) is 4.77. The summed E-state index contributed by atoms with van der Waals surface area (Å²) in [7, 11) is 0. The summed E-state index contributed by atoms with van der Waals surface area (Å²) in [6.45, 7) is 3.57. The molecule has 3 aromatic rings. The van der Waals surface area contributed by atoms with Crippen LogP contribution in [0.4, 0.5) is 10.1 Å². The lowest BCUT2D eigenvalue weighted by atomic mass is 10.1. The standard InChI is InChI=1S/C24H24ClFN4O2S/c1-3-4-5-8-14-33-24-27-22-21(28-29-24)16-10-6-7-13-19(16)30(15(2)31)23(32-22)20-17(25)11-9-12-18(20)26/h6-7,9-13,23H,3-5,8,14H2,1-2H3. The molecule has 0 bridgehead atoms. The summed E-state index contributed by atoms with van der Waals surface area (Å²) in [6, 6.07) is 11.6. The third-order valence-corrected chi connectivity index (χ3v) is 6.58. The minimum absolute atomic E-state index is 0.0596. The second-order valence-corrected chi connectivity index (χ2v) is 9.14. The highest BCUT2D eigenvalue weighted by Gasteiger charge is 2.37. The Kier molecular flexibility index (Phi) is 7.45. The van der Waals surface area contributed by atoms with E-state index >= 15 is 0 Å². The number of hydrogen-bond donors (Lipinski definition) is 0. The van der Waals surface area contributed by atoms with Gasteiger partial charge in [0.05, 0.1) is 16.3 Å². The van der Waals surface area contributed by atoms with Crippen LogP contribution in [-0.4, -0.2) is 26.8 Å². The van der Waals surface area contributed by atoms with Gasteiger partial charge in [-0.05, 0) is 24.6 Å². The predicted molar refractivity (Wildman–Crippen MR) is 128 cm³/mol. The number of halogens is 2. The van der Waals surface area contributed by atoms with Gasteiger partial charge < -0.3 is 4.74 Å². The number of nitrogens with zero attached hydrogens (tertiary/aromatic N) is 4. The lowest BCUT2D eigenvalue weighted by Crippen LogP contribution is -2.36. The van der Waals surface area contributed by atoms with Crippen molar-refractivity contribution in [2.24, 2.45) is 0 Å². The first-order chi connectivity index (χ1) is 16.0. The lowest BCUT2D eigenvalue weighted by molar-refractivity contribution is -0.118. The number of aromatic nitrogens is 3. The van der Waals surface area contributed by atoms with Crippen LogP contribution in [0, 0.1) is 5.82 Å². The van der Waals surface area contributed by atoms with Gasteiger partial charge in [0.2, 0.25) is 23.2 Å². The molecule has 172 valence electrons. The number of hydrogen-bond acceptors (Lipinski definition) is 6. The van der Waals surface area contributed by atoms with Gasteiger partial charge in [-0.25, -0.2) is 4.39 Å². The Labute approximate surface area is 201 Å². The largest absolute Gasteiger partial charge is 0.447 e. The van der Waals surface area contributed by atoms with Crippen LogP contribution in [0.3, 0.4) is 0 Å². The fourth-order valence-electron chi connectivity index (χ4n) is 3.74. The maximum Gasteiger partial charge on any atom is 0.247 e. The van der Waals surface area contributed by atoms with Gasteiger partial charge in [0.15, 0.2) is 5.69 Å². The summed E-state index contributed by atoms with van der Waals surface area (Å²) >= 11 is 7.87. The van der Waals surface area contributed by atoms with Crippen molar-refractivity contribution in [1.82, 2.24) is 15.2 Å². The zero-order valence-corrected chi connectivity index (χ0v) is 20.0. The monoisotopic (exact) mass is 486 g/mol. The van der Waals surface area contributed by atoms with E-state index in [1.165, 1.54) is 48.6 Å². The van der Waals surface area contributed by atoms with E-state index in [9.17, 15) is 9.18 Å². The highest BCUT2D eigenvalue weighted by Crippen LogP contribution is 2.44. The van der Waals surface area contributed by atoms with Crippen LogP contribution in [-0.2, 0) is 4.79 Å². The predicted octanol–water partition coefficient (Wildman–Crippen LogP) is 6.45. The van der Waals surface area contributed by atoms with Crippen molar-refractivity contribution in [2.75, 3.05) is 10.7 Å². The lowest BCUT2D eigenvalue weighted by Gasteiger charge is -2.30. The first-order valence-corrected chi connectivity index (χ1v) is 12.2. The molecule has 4 rings (SSSR count). The van der Waals surface area contributed by atoms with Crippen LogP contribution in [0.25, 0.3) is 11.3 Å². The van der Waals surface area contributed by atoms with Crippen molar-refractivity contribution in [3.8, 4) is 17.1 Å². The number of thioether (sulfide) groups is 1. The topological polar surface area (TPSA) is 68.2 Å². The molecule has 1 aliphatic heterocycles. The van der Waals surface area contributed by atoms with Gasteiger partial charge >= 0.3 is 0 Å². The molecule has 9 heteroatoms. The highest BCUT2D eigenvalue weighted by atomic mass is 35.5. The molecule has 0 saturated carbocycles. The zero-order chi connectivity index (χ0) is 23.4. The van der Waals surface area contributed by atoms with Crippen LogP contribution in [0.15, 0.2) is 47.6 Å². The highest BCUT2D eigenvalue weighted by molar-refractivity contribution is 7.99. The van der Waals surface area contributed by atoms with Crippen LogP contribution < -0.4 is 9.64 Å². The second kappa shape index (κ2) is 10.5. The summed E-state index contributed by atoms with van der Waals surface area (Å²) in [6.07, 6.45) is 3.40. The van der Waals surface area contributed by atoms with Crippen molar-refractivity contribution in [3.05, 3.63) is 58.9 Å². The molecular weight excluding hydrogens is 463 g/mol. The van der Waals surface area contributed by atoms with E-state index in [2.05, 4.69) is 22.1 Å². The summed E-state index contributed by atoms with van der Waals surface area (Å²) in [5, 5.41) is 9.27. The Morgan fingerprint density at radius 2 is 1.97 bits per heavy atom. The van der Waals surface area contributed by atoms with Gasteiger partial charge in [0, 0.05) is 18.2 Å². The molecule has 0 saturated heterocycles. The molecule has 1 amide bonds. The number of unbranched alkanes of at least 4 members (excludes halogenated alkanes) is 3. The minimum Gasteiger partial charge on any atom is -0.447 e. The Bertz CT molecular complexity index is 1140. The number of carbonyl (C=O) groups is 1. The van der Waals surface area contributed by atoms with Crippen molar-refractivity contribution in [3.63, 3.8) is 0 Å². The van der Waals surface area contributed by atoms with Gasteiger partial charge in [0.25, 0.3) is 0 Å². The van der Waals surface area contributed by atoms with Crippen molar-refractivity contribution in [1.29, 1.82) is 0 Å². The van der Waals surface area contributed by atoms with Gasteiger partial charge in [-0.3, -0.25) is 9.69 Å². The average molecular weight is 487 g/mol. The third kappa shape index (κ3) is 4.96. The average Bonchev–Trinajstić information content (AvgIpc) is 2.93. The van der Waals surface area contributed by atoms with Gasteiger partial charge in [-0.1, -0.05) is 73.8 Å². The number of carbonyl (C=O) groups excluding carboxylic acids is 1. The van der Waals surface area contributed by atoms with E-state index < -0.39 is 12.0 Å². The molecule has 1 aromatic heterocycles. The summed E-state index contributed by atoms with van der Waals surface area (Å²) in [4.78, 5) is 18.7. The van der Waals surface area contributed by atoms with E-state index in [4.69, 9.17) is 16.3 Å². The quantitative estimate of drug-likeness (QED) is 0.282. The number of ether oxygens (including phenoxy) is 1. The van der Waals surface area contributed by atoms with Crippen molar-refractivity contribution >= 4 is 35.0 Å². The molecule has 33 heavy (non-hydrogen) atoms. The maximum atomic E-state index is 14.9. The molecular formula is C24H24ClFN4O2S. The minimum atomic E-state index is -1.15. The van der Waals surface area contributed by atoms with Crippen LogP contribution >= 0.6 is 23.4 Å². The molecule has 0 fully saturated rings. The number of para-hydroxylation sites is 1. The summed E-state index contributed by atoms with van der Waals surface area (Å²) < 4.78 is 21.1. The second-order valence-electron chi connectivity index (χ2n) is 7.67. The SMILES string of the molecule is CCCCCCSc1nnc2c(n1)OC(c1c(F)cccc1Cl)N(C(C)=O)c1ccccc1-2. The molecule has 0 N–H and O–H groups in total. The first-order valence-electron chi connectivity index (χ1n) is 10.9. The number of benzene rings is 2. The molecule has 0 radical (unpaired) electrons. The number of amides is 1. The molecule has 1 aliphatic rings. The van der Waals surface area contributed by atoms with Gasteiger partial charge in [0.1, 0.15) is 5.82 Å². The smallest absolute Gasteiger partial charge is 0.247 e. The fraction of sp³-hybridized carbons (Fsp3) is 0.333. The van der Waals surface area contributed by atoms with Crippen LogP contribution in [0.2, 0.25) is 5.02 Å².